The Balaban J connectivity index is 1.31. The van der Waals surface area contributed by atoms with Crippen LogP contribution in [-0.4, -0.2) is 64.6 Å². The predicted octanol–water partition coefficient (Wildman–Crippen LogP) is 4.26. The molecule has 2 aliphatic heterocycles. The molecule has 0 bridgehead atoms. The van der Waals surface area contributed by atoms with Crippen molar-refractivity contribution in [2.45, 2.75) is 25.5 Å². The Morgan fingerprint density at radius 2 is 2.09 bits per heavy atom. The van der Waals surface area contributed by atoms with Gasteiger partial charge in [0, 0.05) is 47.2 Å². The summed E-state index contributed by atoms with van der Waals surface area (Å²) in [5.74, 6) is 1.09. The minimum Gasteiger partial charge on any atom is -0.459 e. The summed E-state index contributed by atoms with van der Waals surface area (Å²) >= 11 is 7.74. The smallest absolute Gasteiger partial charge is 0.320 e. The number of benzene rings is 1. The van der Waals surface area contributed by atoms with Gasteiger partial charge in [-0.15, -0.1) is 11.3 Å². The fourth-order valence-corrected chi connectivity index (χ4v) is 5.85. The first-order valence-electron chi connectivity index (χ1n) is 11.5. The second-order valence-corrected chi connectivity index (χ2v) is 10.5. The molecule has 3 N–H and O–H groups in total. The number of aromatic nitrogens is 3. The van der Waals surface area contributed by atoms with Gasteiger partial charge in [0.05, 0.1) is 11.2 Å². The van der Waals surface area contributed by atoms with Gasteiger partial charge in [0.15, 0.2) is 0 Å². The summed E-state index contributed by atoms with van der Waals surface area (Å²) in [5.41, 5.74) is 1.69. The molecule has 2 atom stereocenters. The van der Waals surface area contributed by atoms with Crippen LogP contribution >= 0.6 is 22.9 Å². The third-order valence-corrected chi connectivity index (χ3v) is 7.59. The highest BCUT2D eigenvalue weighted by molar-refractivity contribution is 7.21. The number of likely N-dealkylation sites (N-methyl/N-ethyl adjacent to an activating group) is 1. The van der Waals surface area contributed by atoms with Crippen molar-refractivity contribution >= 4 is 67.2 Å². The van der Waals surface area contributed by atoms with Gasteiger partial charge in [-0.3, -0.25) is 4.79 Å². The third kappa shape index (κ3) is 4.33. The Morgan fingerprint density at radius 1 is 1.20 bits per heavy atom. The summed E-state index contributed by atoms with van der Waals surface area (Å²) in [6, 6.07) is 9.85. The van der Waals surface area contributed by atoms with Gasteiger partial charge >= 0.3 is 6.01 Å². The lowest BCUT2D eigenvalue weighted by Gasteiger charge is -2.13. The van der Waals surface area contributed by atoms with Crippen molar-refractivity contribution in [1.29, 1.82) is 0 Å². The molecule has 0 aliphatic carbocycles. The molecular formula is C24H24ClN7O2S. The highest BCUT2D eigenvalue weighted by atomic mass is 35.5. The molecule has 4 aromatic rings. The highest BCUT2D eigenvalue weighted by Crippen LogP contribution is 2.41. The maximum absolute atomic E-state index is 12.7. The fourth-order valence-electron chi connectivity index (χ4n) is 4.58. The van der Waals surface area contributed by atoms with Crippen LogP contribution in [0.1, 0.15) is 23.0 Å². The topological polar surface area (TPSA) is 104 Å². The number of pyridine rings is 1. The van der Waals surface area contributed by atoms with Crippen molar-refractivity contribution in [3.8, 4) is 6.01 Å². The van der Waals surface area contributed by atoms with Crippen molar-refractivity contribution in [2.24, 2.45) is 0 Å². The molecule has 11 heteroatoms. The molecule has 0 saturated carbocycles. The first-order chi connectivity index (χ1) is 16.9. The molecule has 1 fully saturated rings. The first kappa shape index (κ1) is 22.3. The molecular weight excluding hydrogens is 486 g/mol. The lowest BCUT2D eigenvalue weighted by atomic mass is 10.1. The van der Waals surface area contributed by atoms with Gasteiger partial charge in [0.25, 0.3) is 5.91 Å². The molecule has 35 heavy (non-hydrogen) atoms. The number of likely N-dealkylation sites (tertiary alicyclic amines) is 1. The Hall–Kier alpha value is -3.21. The van der Waals surface area contributed by atoms with E-state index in [4.69, 9.17) is 21.3 Å². The largest absolute Gasteiger partial charge is 0.459 e. The lowest BCUT2D eigenvalue weighted by Crippen LogP contribution is -2.34. The van der Waals surface area contributed by atoms with Gasteiger partial charge < -0.3 is 25.6 Å². The van der Waals surface area contributed by atoms with Crippen molar-refractivity contribution in [3.05, 3.63) is 40.4 Å². The molecule has 2 aliphatic rings. The van der Waals surface area contributed by atoms with Gasteiger partial charge in [-0.1, -0.05) is 11.6 Å². The van der Waals surface area contributed by atoms with E-state index in [-0.39, 0.29) is 24.1 Å². The van der Waals surface area contributed by atoms with E-state index in [1.807, 2.05) is 31.2 Å². The second kappa shape index (κ2) is 8.78. The van der Waals surface area contributed by atoms with Gasteiger partial charge in [-0.2, -0.15) is 9.97 Å². The summed E-state index contributed by atoms with van der Waals surface area (Å²) in [4.78, 5) is 29.1. The van der Waals surface area contributed by atoms with Crippen molar-refractivity contribution in [2.75, 3.05) is 37.3 Å². The molecule has 0 radical (unpaired) electrons. The normalized spacial score (nSPS) is 20.4. The van der Waals surface area contributed by atoms with Crippen LogP contribution in [0.3, 0.4) is 0 Å². The van der Waals surface area contributed by atoms with E-state index in [9.17, 15) is 4.79 Å². The molecule has 1 amide bonds. The van der Waals surface area contributed by atoms with E-state index >= 15 is 0 Å². The number of rotatable bonds is 4. The Bertz CT molecular complexity index is 1460. The molecule has 0 unspecified atom stereocenters. The molecule has 1 aromatic carbocycles. The van der Waals surface area contributed by atoms with E-state index in [0.29, 0.717) is 28.2 Å². The van der Waals surface area contributed by atoms with Gasteiger partial charge in [0.1, 0.15) is 27.8 Å². The number of carbonyl (C=O) groups excluding carboxylic acids is 1. The average molecular weight is 510 g/mol. The summed E-state index contributed by atoms with van der Waals surface area (Å²) in [6.45, 7) is 4.48. The van der Waals surface area contributed by atoms with E-state index < -0.39 is 0 Å². The molecule has 6 rings (SSSR count). The van der Waals surface area contributed by atoms with E-state index in [2.05, 4.69) is 37.9 Å². The van der Waals surface area contributed by atoms with Crippen LogP contribution in [0, 0.1) is 0 Å². The Labute approximate surface area is 210 Å². The molecule has 180 valence electrons. The zero-order valence-corrected chi connectivity index (χ0v) is 20.8. The Morgan fingerprint density at radius 3 is 2.91 bits per heavy atom. The summed E-state index contributed by atoms with van der Waals surface area (Å²) in [6.07, 6.45) is 0.976. The molecule has 1 saturated heterocycles. The lowest BCUT2D eigenvalue weighted by molar-refractivity contribution is 0.0949. The van der Waals surface area contributed by atoms with Gasteiger partial charge in [-0.05, 0) is 44.7 Å². The minimum absolute atomic E-state index is 0.0407. The number of fused-ring (bicyclic) bond motifs is 5. The number of amides is 1. The maximum Gasteiger partial charge on any atom is 0.320 e. The third-order valence-electron chi connectivity index (χ3n) is 6.24. The zero-order chi connectivity index (χ0) is 24.1. The van der Waals surface area contributed by atoms with Crippen LogP contribution < -0.4 is 20.7 Å². The maximum atomic E-state index is 12.7. The number of nitrogens with zero attached hydrogens (tertiary/aromatic N) is 4. The summed E-state index contributed by atoms with van der Waals surface area (Å²) in [7, 11) is 2.06. The molecule has 0 spiro atoms. The van der Waals surface area contributed by atoms with Crippen LogP contribution in [0.5, 0.6) is 6.01 Å². The SMILES string of the molecule is C[C@@H]1CNc2c(sc3ccc4nc(Nc5cc(Cl)nc(O[C@@H]6CCN(C)C6)n5)ccc4c23)C(=O)N1. The van der Waals surface area contributed by atoms with Crippen molar-refractivity contribution < 1.29 is 9.53 Å². The van der Waals surface area contributed by atoms with Crippen LogP contribution in [0.2, 0.25) is 5.15 Å². The van der Waals surface area contributed by atoms with Crippen molar-refractivity contribution in [1.82, 2.24) is 25.2 Å². The van der Waals surface area contributed by atoms with Crippen molar-refractivity contribution in [3.63, 3.8) is 0 Å². The summed E-state index contributed by atoms with van der Waals surface area (Å²) in [5, 5.41) is 12.0. The second-order valence-electron chi connectivity index (χ2n) is 9.04. The number of anilines is 3. The summed E-state index contributed by atoms with van der Waals surface area (Å²) < 4.78 is 6.99. The highest BCUT2D eigenvalue weighted by Gasteiger charge is 2.25. The van der Waals surface area contributed by atoms with Crippen LogP contribution in [0.4, 0.5) is 17.3 Å². The number of hydrogen-bond donors (Lipinski definition) is 3. The predicted molar refractivity (Wildman–Crippen MR) is 139 cm³/mol. The standard InChI is InChI=1S/C24H24ClN7O2S/c1-12-10-26-21-20-14-3-6-18(28-15(14)4-5-16(20)35-22(21)23(33)27-12)30-19-9-17(25)29-24(31-19)34-13-7-8-32(2)11-13/h3-6,9,12-13,26H,7-8,10-11H2,1-2H3,(H,27,33)(H,28,29,30,31)/t12-,13-/m1/s1. The molecule has 5 heterocycles. The number of hydrogen-bond acceptors (Lipinski definition) is 9. The first-order valence-corrected chi connectivity index (χ1v) is 12.7. The number of nitrogens with one attached hydrogen (secondary N) is 3. The quantitative estimate of drug-likeness (QED) is 0.350. The van der Waals surface area contributed by atoms with Crippen LogP contribution in [0.25, 0.3) is 21.0 Å². The molecule has 3 aromatic heterocycles. The number of halogens is 1. The van der Waals surface area contributed by atoms with E-state index in [1.165, 1.54) is 11.3 Å². The van der Waals surface area contributed by atoms with Gasteiger partial charge in [-0.25, -0.2) is 4.98 Å². The number of ether oxygens (including phenoxy) is 1. The average Bonchev–Trinajstić information content (AvgIpc) is 3.36. The number of carbonyl (C=O) groups is 1. The van der Waals surface area contributed by atoms with E-state index in [0.717, 1.165) is 46.2 Å². The fraction of sp³-hybridized carbons (Fsp3) is 0.333. The monoisotopic (exact) mass is 509 g/mol. The van der Waals surface area contributed by atoms with Gasteiger partial charge in [0.2, 0.25) is 0 Å². The van der Waals surface area contributed by atoms with Crippen LogP contribution in [-0.2, 0) is 0 Å². The number of thiophene rings is 1. The Kier molecular flexibility index (Phi) is 5.58. The van der Waals surface area contributed by atoms with Crippen LogP contribution in [0.15, 0.2) is 30.3 Å². The van der Waals surface area contributed by atoms with E-state index in [1.54, 1.807) is 6.07 Å². The zero-order valence-electron chi connectivity index (χ0n) is 19.3. The minimum atomic E-state index is -0.0407. The molecule has 9 nitrogen and oxygen atoms in total.